The van der Waals surface area contributed by atoms with Crippen molar-refractivity contribution in [1.82, 2.24) is 5.43 Å². The van der Waals surface area contributed by atoms with Gasteiger partial charge in [0, 0.05) is 5.02 Å². The van der Waals surface area contributed by atoms with E-state index in [0.717, 1.165) is 24.0 Å². The highest BCUT2D eigenvalue weighted by atomic mass is 127. The molecule has 3 rings (SSSR count). The normalized spacial score (nSPS) is 10.9. The Morgan fingerprint density at radius 1 is 1.10 bits per heavy atom. The lowest BCUT2D eigenvalue weighted by atomic mass is 10.2. The van der Waals surface area contributed by atoms with E-state index in [0.29, 0.717) is 11.6 Å². The van der Waals surface area contributed by atoms with Crippen LogP contribution in [0.15, 0.2) is 65.8 Å². The summed E-state index contributed by atoms with van der Waals surface area (Å²) in [5.41, 5.74) is 4.42. The molecule has 5 nitrogen and oxygen atoms in total. The zero-order chi connectivity index (χ0) is 20.8. The minimum absolute atomic E-state index is 0.0912. The van der Waals surface area contributed by atoms with Gasteiger partial charge in [0.05, 0.1) is 18.9 Å². The number of hydrazone groups is 1. The number of halogens is 3. The van der Waals surface area contributed by atoms with Crippen molar-refractivity contribution >= 4 is 68.9 Å². The highest BCUT2D eigenvalue weighted by Crippen LogP contribution is 2.29. The Morgan fingerprint density at radius 2 is 1.76 bits per heavy atom. The number of phenols is 1. The molecule has 0 unspecified atom stereocenters. The monoisotopic (exact) mass is 632 g/mol. The molecule has 148 valence electrons. The van der Waals surface area contributed by atoms with Gasteiger partial charge in [-0.25, -0.2) is 5.43 Å². The lowest BCUT2D eigenvalue weighted by Crippen LogP contribution is -2.17. The van der Waals surface area contributed by atoms with E-state index in [1.54, 1.807) is 18.3 Å². The first-order valence-corrected chi connectivity index (χ1v) is 11.0. The lowest BCUT2D eigenvalue weighted by molar-refractivity contribution is 0.0952. The van der Waals surface area contributed by atoms with Crippen LogP contribution in [0.2, 0.25) is 5.02 Å². The Labute approximate surface area is 200 Å². The molecule has 3 aromatic rings. The number of phenolic OH excluding ortho intramolecular Hbond substituents is 1. The molecule has 0 bridgehead atoms. The van der Waals surface area contributed by atoms with Crippen LogP contribution in [-0.2, 0) is 6.61 Å². The van der Waals surface area contributed by atoms with Gasteiger partial charge >= 0.3 is 0 Å². The van der Waals surface area contributed by atoms with Crippen LogP contribution in [0.1, 0.15) is 21.5 Å². The average Bonchev–Trinajstić information content (AvgIpc) is 2.69. The fourth-order valence-electron chi connectivity index (χ4n) is 2.42. The first-order valence-electron chi connectivity index (χ1n) is 8.41. The summed E-state index contributed by atoms with van der Waals surface area (Å²) in [7, 11) is 0. The molecule has 2 N–H and O–H groups in total. The molecule has 0 aliphatic heterocycles. The molecule has 0 spiro atoms. The maximum Gasteiger partial charge on any atom is 0.275 e. The summed E-state index contributed by atoms with van der Waals surface area (Å²) in [4.78, 5) is 12.1. The van der Waals surface area contributed by atoms with Gasteiger partial charge in [0.15, 0.2) is 0 Å². The summed E-state index contributed by atoms with van der Waals surface area (Å²) in [5.74, 6) is 0.217. The topological polar surface area (TPSA) is 70.9 Å². The van der Waals surface area contributed by atoms with Gasteiger partial charge in [-0.3, -0.25) is 4.79 Å². The van der Waals surface area contributed by atoms with Crippen LogP contribution in [0.5, 0.6) is 11.5 Å². The van der Waals surface area contributed by atoms with Crippen molar-refractivity contribution in [2.24, 2.45) is 5.10 Å². The van der Waals surface area contributed by atoms with Gasteiger partial charge in [-0.05, 0) is 92.7 Å². The fourth-order valence-corrected chi connectivity index (χ4v) is 4.67. The van der Waals surface area contributed by atoms with Crippen LogP contribution < -0.4 is 10.2 Å². The van der Waals surface area contributed by atoms with Gasteiger partial charge in [0.2, 0.25) is 0 Å². The molecule has 0 aromatic heterocycles. The Hall–Kier alpha value is -1.85. The van der Waals surface area contributed by atoms with E-state index in [2.05, 4.69) is 55.7 Å². The van der Waals surface area contributed by atoms with Crippen LogP contribution in [0.25, 0.3) is 0 Å². The van der Waals surface area contributed by atoms with Crippen LogP contribution in [0.4, 0.5) is 0 Å². The minimum Gasteiger partial charge on any atom is -0.507 e. The van der Waals surface area contributed by atoms with Crippen molar-refractivity contribution in [3.63, 3.8) is 0 Å². The number of rotatable bonds is 6. The summed E-state index contributed by atoms with van der Waals surface area (Å²) in [5, 5.41) is 14.4. The molecule has 1 amide bonds. The fraction of sp³-hybridized carbons (Fsp3) is 0.0476. The van der Waals surface area contributed by atoms with Crippen molar-refractivity contribution in [3.8, 4) is 11.5 Å². The van der Waals surface area contributed by atoms with Gasteiger partial charge < -0.3 is 9.84 Å². The molecule has 3 aromatic carbocycles. The molecule has 0 aliphatic rings. The van der Waals surface area contributed by atoms with Gasteiger partial charge in [-0.2, -0.15) is 5.10 Å². The highest BCUT2D eigenvalue weighted by Gasteiger charge is 2.10. The molecule has 8 heteroatoms. The maximum atomic E-state index is 12.1. The molecule has 29 heavy (non-hydrogen) atoms. The average molecular weight is 633 g/mol. The molecule has 0 radical (unpaired) electrons. The van der Waals surface area contributed by atoms with E-state index < -0.39 is 5.91 Å². The number of hydrogen-bond acceptors (Lipinski definition) is 4. The summed E-state index contributed by atoms with van der Waals surface area (Å²) in [6, 6.07) is 17.6. The Bertz CT molecular complexity index is 1030. The highest BCUT2D eigenvalue weighted by molar-refractivity contribution is 14.1. The minimum atomic E-state index is -0.480. The third-order valence-corrected chi connectivity index (χ3v) is 5.70. The largest absolute Gasteiger partial charge is 0.507 e. The number of amides is 1. The first-order chi connectivity index (χ1) is 13.9. The van der Waals surface area contributed by atoms with Crippen molar-refractivity contribution < 1.29 is 14.6 Å². The predicted molar refractivity (Wildman–Crippen MR) is 131 cm³/mol. The Morgan fingerprint density at radius 3 is 2.41 bits per heavy atom. The number of para-hydroxylation sites is 1. The van der Waals surface area contributed by atoms with Gasteiger partial charge in [-0.1, -0.05) is 35.9 Å². The number of ether oxygens (including phenoxy) is 1. The second-order valence-electron chi connectivity index (χ2n) is 5.95. The zero-order valence-electron chi connectivity index (χ0n) is 14.9. The SMILES string of the molecule is O=C(N/N=C/c1cc(I)c(OCc2ccc(Cl)cc2)c(I)c1)c1ccccc1O. The molecular formula is C21H15ClI2N2O3. The number of hydrogen-bond donors (Lipinski definition) is 2. The molecular weight excluding hydrogens is 618 g/mol. The molecule has 0 saturated carbocycles. The third kappa shape index (κ3) is 6.06. The van der Waals surface area contributed by atoms with Crippen LogP contribution in [0, 0.1) is 7.14 Å². The molecule has 0 fully saturated rings. The molecule has 0 heterocycles. The zero-order valence-corrected chi connectivity index (χ0v) is 20.0. The number of aromatic hydroxyl groups is 1. The smallest absolute Gasteiger partial charge is 0.275 e. The van der Waals surface area contributed by atoms with E-state index in [-0.39, 0.29) is 11.3 Å². The predicted octanol–water partition coefficient (Wildman–Crippen LogP) is 5.60. The second-order valence-corrected chi connectivity index (χ2v) is 8.71. The van der Waals surface area contributed by atoms with Gasteiger partial charge in [0.25, 0.3) is 5.91 Å². The number of carbonyl (C=O) groups excluding carboxylic acids is 1. The second kappa shape index (κ2) is 10.3. The summed E-state index contributed by atoms with van der Waals surface area (Å²) >= 11 is 10.3. The Balaban J connectivity index is 1.65. The molecule has 0 atom stereocenters. The third-order valence-electron chi connectivity index (χ3n) is 3.85. The number of benzene rings is 3. The quantitative estimate of drug-likeness (QED) is 0.211. The van der Waals surface area contributed by atoms with E-state index in [1.807, 2.05) is 36.4 Å². The van der Waals surface area contributed by atoms with Crippen molar-refractivity contribution in [2.75, 3.05) is 0 Å². The Kier molecular flexibility index (Phi) is 7.73. The summed E-state index contributed by atoms with van der Waals surface area (Å²) in [6.07, 6.45) is 1.55. The van der Waals surface area contributed by atoms with E-state index >= 15 is 0 Å². The van der Waals surface area contributed by atoms with Crippen LogP contribution in [0.3, 0.4) is 0 Å². The van der Waals surface area contributed by atoms with Gasteiger partial charge in [0.1, 0.15) is 18.1 Å². The van der Waals surface area contributed by atoms with E-state index in [9.17, 15) is 9.90 Å². The van der Waals surface area contributed by atoms with Crippen LogP contribution in [-0.4, -0.2) is 17.2 Å². The maximum absolute atomic E-state index is 12.1. The number of nitrogens with zero attached hydrogens (tertiary/aromatic N) is 1. The van der Waals surface area contributed by atoms with Crippen molar-refractivity contribution in [1.29, 1.82) is 0 Å². The van der Waals surface area contributed by atoms with Crippen molar-refractivity contribution in [2.45, 2.75) is 6.61 Å². The summed E-state index contributed by atoms with van der Waals surface area (Å²) in [6.45, 7) is 0.438. The standard InChI is InChI=1S/C21H15ClI2N2O3/c22-15-7-5-13(6-8-15)12-29-20-17(23)9-14(10-18(20)24)11-25-26-21(28)16-3-1-2-4-19(16)27/h1-11,27H,12H2,(H,26,28)/b25-11+. The molecule has 0 saturated heterocycles. The number of carbonyl (C=O) groups is 1. The van der Waals surface area contributed by atoms with E-state index in [1.165, 1.54) is 12.1 Å². The van der Waals surface area contributed by atoms with Crippen LogP contribution >= 0.6 is 56.8 Å². The summed E-state index contributed by atoms with van der Waals surface area (Å²) < 4.78 is 7.82. The van der Waals surface area contributed by atoms with Crippen molar-refractivity contribution in [3.05, 3.63) is 89.5 Å². The first kappa shape index (κ1) is 21.8. The molecule has 0 aliphatic carbocycles. The lowest BCUT2D eigenvalue weighted by Gasteiger charge is -2.11. The number of nitrogens with one attached hydrogen (secondary N) is 1. The van der Waals surface area contributed by atoms with E-state index in [4.69, 9.17) is 16.3 Å². The van der Waals surface area contributed by atoms with Gasteiger partial charge in [-0.15, -0.1) is 0 Å².